The zero-order chi connectivity index (χ0) is 21.6. The molecule has 0 rings (SSSR count). The summed E-state index contributed by atoms with van der Waals surface area (Å²) in [4.78, 5) is 0. The second kappa shape index (κ2) is 21.3. The van der Waals surface area contributed by atoms with Crippen LogP contribution in [-0.4, -0.2) is 28.1 Å². The summed E-state index contributed by atoms with van der Waals surface area (Å²) in [5, 5.41) is 0. The summed E-state index contributed by atoms with van der Waals surface area (Å²) >= 11 is 0. The highest BCUT2D eigenvalue weighted by Gasteiger charge is 2.35. The lowest BCUT2D eigenvalue weighted by molar-refractivity contribution is 0.0407. The summed E-state index contributed by atoms with van der Waals surface area (Å²) in [6.07, 6.45) is 24.0. The van der Waals surface area contributed by atoms with Crippen LogP contribution in [0.2, 0.25) is 6.55 Å². The lowest BCUT2D eigenvalue weighted by Gasteiger charge is -2.28. The SMILES string of the molecule is CCCCCCCCCCCCCCCCCCC(C)O[Si](C)(OCC)OCC. The molecule has 0 aliphatic carbocycles. The van der Waals surface area contributed by atoms with Crippen molar-refractivity contribution in [2.75, 3.05) is 13.2 Å². The fourth-order valence-corrected chi connectivity index (χ4v) is 6.16. The third-order valence-corrected chi connectivity index (χ3v) is 8.15. The molecule has 0 amide bonds. The summed E-state index contributed by atoms with van der Waals surface area (Å²) in [6.45, 7) is 11.8. The van der Waals surface area contributed by atoms with E-state index in [4.69, 9.17) is 13.3 Å². The van der Waals surface area contributed by atoms with Crippen molar-refractivity contribution < 1.29 is 13.3 Å². The Balaban J connectivity index is 3.38. The summed E-state index contributed by atoms with van der Waals surface area (Å²) in [6, 6.07) is 0. The van der Waals surface area contributed by atoms with Crippen molar-refractivity contribution in [2.45, 2.75) is 149 Å². The molecule has 176 valence electrons. The minimum Gasteiger partial charge on any atom is -0.374 e. The quantitative estimate of drug-likeness (QED) is 0.120. The Morgan fingerprint density at radius 1 is 0.552 bits per heavy atom. The maximum atomic E-state index is 6.14. The predicted octanol–water partition coefficient (Wildman–Crippen LogP) is 8.68. The Morgan fingerprint density at radius 2 is 0.897 bits per heavy atom. The molecule has 0 aliphatic rings. The maximum absolute atomic E-state index is 6.14. The zero-order valence-corrected chi connectivity index (χ0v) is 21.7. The molecule has 0 saturated heterocycles. The highest BCUT2D eigenvalue weighted by atomic mass is 28.4. The van der Waals surface area contributed by atoms with Crippen LogP contribution in [0.4, 0.5) is 0 Å². The average molecular weight is 431 g/mol. The molecule has 0 fully saturated rings. The number of hydrogen-bond donors (Lipinski definition) is 0. The van der Waals surface area contributed by atoms with Crippen molar-refractivity contribution in [1.29, 1.82) is 0 Å². The van der Waals surface area contributed by atoms with Gasteiger partial charge in [-0.2, -0.15) is 0 Å². The molecule has 3 nitrogen and oxygen atoms in total. The molecule has 4 heteroatoms. The standard InChI is InChI=1S/C25H54O3Si/c1-6-9-10-11-12-13-14-15-16-17-18-19-20-21-22-23-24-25(4)28-29(5,26-7-2)27-8-3/h25H,6-24H2,1-5H3. The summed E-state index contributed by atoms with van der Waals surface area (Å²) < 4.78 is 17.7. The second-order valence-corrected chi connectivity index (χ2v) is 11.3. The first kappa shape index (κ1) is 29.1. The first-order valence-electron chi connectivity index (χ1n) is 13.0. The molecule has 0 aromatic heterocycles. The molecule has 0 radical (unpaired) electrons. The molecule has 0 bridgehead atoms. The van der Waals surface area contributed by atoms with Gasteiger partial charge in [0.05, 0.1) is 0 Å². The first-order chi connectivity index (χ1) is 14.1. The van der Waals surface area contributed by atoms with Crippen LogP contribution >= 0.6 is 0 Å². The van der Waals surface area contributed by atoms with Gasteiger partial charge in [-0.15, -0.1) is 0 Å². The average Bonchev–Trinajstić information content (AvgIpc) is 2.67. The van der Waals surface area contributed by atoms with Crippen molar-refractivity contribution in [3.05, 3.63) is 0 Å². The van der Waals surface area contributed by atoms with Gasteiger partial charge in [0.15, 0.2) is 0 Å². The van der Waals surface area contributed by atoms with Gasteiger partial charge >= 0.3 is 8.80 Å². The normalized spacial score (nSPS) is 13.1. The van der Waals surface area contributed by atoms with Crippen molar-refractivity contribution in [3.8, 4) is 0 Å². The van der Waals surface area contributed by atoms with E-state index in [2.05, 4.69) is 13.8 Å². The largest absolute Gasteiger partial charge is 0.497 e. The molecule has 0 aliphatic heterocycles. The van der Waals surface area contributed by atoms with Gasteiger partial charge in [0, 0.05) is 25.9 Å². The fraction of sp³-hybridized carbons (Fsp3) is 1.00. The van der Waals surface area contributed by atoms with E-state index < -0.39 is 8.80 Å². The number of rotatable bonds is 23. The Labute approximate surface area is 185 Å². The van der Waals surface area contributed by atoms with E-state index in [-0.39, 0.29) is 6.10 Å². The van der Waals surface area contributed by atoms with Crippen LogP contribution in [-0.2, 0) is 13.3 Å². The molecule has 0 aromatic carbocycles. The van der Waals surface area contributed by atoms with E-state index in [9.17, 15) is 0 Å². The summed E-state index contributed by atoms with van der Waals surface area (Å²) in [5.41, 5.74) is 0. The van der Waals surface area contributed by atoms with Crippen LogP contribution in [0.15, 0.2) is 0 Å². The highest BCUT2D eigenvalue weighted by Crippen LogP contribution is 2.17. The molecular formula is C25H54O3Si. The minimum absolute atomic E-state index is 0.233. The Bertz CT molecular complexity index is 319. The van der Waals surface area contributed by atoms with Crippen molar-refractivity contribution in [3.63, 3.8) is 0 Å². The molecule has 1 unspecified atom stereocenters. The Morgan fingerprint density at radius 3 is 1.24 bits per heavy atom. The predicted molar refractivity (Wildman–Crippen MR) is 130 cm³/mol. The van der Waals surface area contributed by atoms with Crippen molar-refractivity contribution in [1.82, 2.24) is 0 Å². The molecule has 0 aromatic rings. The topological polar surface area (TPSA) is 27.7 Å². The molecule has 0 saturated carbocycles. The molecule has 0 N–H and O–H groups in total. The fourth-order valence-electron chi connectivity index (χ4n) is 4.04. The van der Waals surface area contributed by atoms with E-state index in [1.165, 1.54) is 103 Å². The molecule has 0 spiro atoms. The van der Waals surface area contributed by atoms with Gasteiger partial charge in [0.2, 0.25) is 0 Å². The third-order valence-electron chi connectivity index (χ3n) is 5.69. The van der Waals surface area contributed by atoms with Crippen molar-refractivity contribution >= 4 is 8.80 Å². The van der Waals surface area contributed by atoms with Crippen LogP contribution in [0, 0.1) is 0 Å². The minimum atomic E-state index is -2.42. The van der Waals surface area contributed by atoms with E-state index >= 15 is 0 Å². The van der Waals surface area contributed by atoms with Crippen LogP contribution < -0.4 is 0 Å². The van der Waals surface area contributed by atoms with E-state index in [0.717, 1.165) is 6.42 Å². The summed E-state index contributed by atoms with van der Waals surface area (Å²) in [7, 11) is -2.42. The van der Waals surface area contributed by atoms with Gasteiger partial charge in [0.1, 0.15) is 0 Å². The van der Waals surface area contributed by atoms with Crippen LogP contribution in [0.1, 0.15) is 137 Å². The third kappa shape index (κ3) is 19.8. The molecule has 0 heterocycles. The van der Waals surface area contributed by atoms with Gasteiger partial charge in [0.25, 0.3) is 0 Å². The Kier molecular flexibility index (Phi) is 21.4. The summed E-state index contributed by atoms with van der Waals surface area (Å²) in [5.74, 6) is 0. The first-order valence-corrected chi connectivity index (χ1v) is 15.3. The monoisotopic (exact) mass is 430 g/mol. The molecule has 29 heavy (non-hydrogen) atoms. The maximum Gasteiger partial charge on any atom is 0.497 e. The van der Waals surface area contributed by atoms with Crippen LogP contribution in [0.3, 0.4) is 0 Å². The Hall–Kier alpha value is 0.0969. The van der Waals surface area contributed by atoms with E-state index in [1.807, 2.05) is 20.4 Å². The van der Waals surface area contributed by atoms with Crippen LogP contribution in [0.5, 0.6) is 0 Å². The number of unbranched alkanes of at least 4 members (excludes halogenated alkanes) is 15. The number of hydrogen-bond acceptors (Lipinski definition) is 3. The van der Waals surface area contributed by atoms with Crippen LogP contribution in [0.25, 0.3) is 0 Å². The van der Waals surface area contributed by atoms with E-state index in [1.54, 1.807) is 0 Å². The lowest BCUT2D eigenvalue weighted by Crippen LogP contribution is -2.45. The van der Waals surface area contributed by atoms with Gasteiger partial charge in [-0.1, -0.05) is 110 Å². The zero-order valence-electron chi connectivity index (χ0n) is 20.7. The van der Waals surface area contributed by atoms with Crippen molar-refractivity contribution in [2.24, 2.45) is 0 Å². The van der Waals surface area contributed by atoms with Gasteiger partial charge in [-0.25, -0.2) is 0 Å². The van der Waals surface area contributed by atoms with Gasteiger partial charge < -0.3 is 13.3 Å². The second-order valence-electron chi connectivity index (χ2n) is 8.75. The molecular weight excluding hydrogens is 376 g/mol. The smallest absolute Gasteiger partial charge is 0.374 e. The lowest BCUT2D eigenvalue weighted by atomic mass is 10.0. The van der Waals surface area contributed by atoms with Gasteiger partial charge in [-0.05, 0) is 27.2 Å². The molecule has 1 atom stereocenters. The van der Waals surface area contributed by atoms with Gasteiger partial charge in [-0.3, -0.25) is 0 Å². The van der Waals surface area contributed by atoms with E-state index in [0.29, 0.717) is 13.2 Å². The highest BCUT2D eigenvalue weighted by molar-refractivity contribution is 6.59.